The number of likely N-dealkylation sites (tertiary alicyclic amines) is 2. The van der Waals surface area contributed by atoms with Crippen molar-refractivity contribution >= 4 is 5.91 Å². The van der Waals surface area contributed by atoms with Crippen molar-refractivity contribution in [3.05, 3.63) is 53.9 Å². The second kappa shape index (κ2) is 7.60. The zero-order valence-electron chi connectivity index (χ0n) is 17.5. The Bertz CT molecular complexity index is 859. The Balaban J connectivity index is 1.31. The zero-order chi connectivity index (χ0) is 19.8. The maximum atomic E-state index is 13.0. The molecule has 3 heterocycles. The van der Waals surface area contributed by atoms with E-state index in [2.05, 4.69) is 51.4 Å². The lowest BCUT2D eigenvalue weighted by Gasteiger charge is -2.32. The molecule has 3 fully saturated rings. The Morgan fingerprint density at radius 2 is 1.97 bits per heavy atom. The first-order valence-electron chi connectivity index (χ1n) is 11.1. The molecular formula is C24H32N4O. The molecule has 1 saturated carbocycles. The molecule has 0 N–H and O–H groups in total. The fourth-order valence-corrected chi connectivity index (χ4v) is 5.70. The van der Waals surface area contributed by atoms with E-state index in [1.54, 1.807) is 0 Å². The SMILES string of the molecule is Cn1cc(CN2CC3CN(C(=O)C4CCC4)CC3(CCc3ccccc3)C2)cn1. The molecular weight excluding hydrogens is 360 g/mol. The van der Waals surface area contributed by atoms with Gasteiger partial charge in [-0.25, -0.2) is 0 Å². The summed E-state index contributed by atoms with van der Waals surface area (Å²) in [7, 11) is 1.98. The van der Waals surface area contributed by atoms with Crippen LogP contribution < -0.4 is 0 Å². The highest BCUT2D eigenvalue weighted by Crippen LogP contribution is 2.47. The normalized spacial score (nSPS) is 27.2. The molecule has 0 spiro atoms. The Morgan fingerprint density at radius 1 is 1.14 bits per heavy atom. The molecule has 154 valence electrons. The second-order valence-electron chi connectivity index (χ2n) is 9.58. The van der Waals surface area contributed by atoms with Gasteiger partial charge in [0, 0.05) is 62.9 Å². The van der Waals surface area contributed by atoms with E-state index in [9.17, 15) is 4.79 Å². The van der Waals surface area contributed by atoms with E-state index in [-0.39, 0.29) is 5.41 Å². The van der Waals surface area contributed by atoms with Gasteiger partial charge in [0.1, 0.15) is 0 Å². The van der Waals surface area contributed by atoms with Crippen molar-refractivity contribution in [2.75, 3.05) is 26.2 Å². The summed E-state index contributed by atoms with van der Waals surface area (Å²) >= 11 is 0. The number of nitrogens with zero attached hydrogens (tertiary/aromatic N) is 4. The molecule has 3 aliphatic rings. The first-order valence-corrected chi connectivity index (χ1v) is 11.1. The van der Waals surface area contributed by atoms with E-state index < -0.39 is 0 Å². The molecule has 2 aromatic rings. The second-order valence-corrected chi connectivity index (χ2v) is 9.58. The van der Waals surface area contributed by atoms with Crippen molar-refractivity contribution in [3.8, 4) is 0 Å². The van der Waals surface area contributed by atoms with Crippen molar-refractivity contribution in [1.29, 1.82) is 0 Å². The highest BCUT2D eigenvalue weighted by Gasteiger charge is 2.53. The number of fused-ring (bicyclic) bond motifs is 1. The lowest BCUT2D eigenvalue weighted by atomic mass is 9.76. The van der Waals surface area contributed by atoms with Crippen LogP contribution >= 0.6 is 0 Å². The minimum atomic E-state index is 0.234. The number of aromatic nitrogens is 2. The van der Waals surface area contributed by atoms with Gasteiger partial charge in [-0.15, -0.1) is 0 Å². The van der Waals surface area contributed by atoms with E-state index in [0.717, 1.165) is 52.0 Å². The Hall–Kier alpha value is -2.14. The van der Waals surface area contributed by atoms with Crippen LogP contribution in [-0.4, -0.2) is 51.7 Å². The molecule has 1 amide bonds. The van der Waals surface area contributed by atoms with E-state index in [1.807, 2.05) is 17.9 Å². The largest absolute Gasteiger partial charge is 0.341 e. The van der Waals surface area contributed by atoms with Crippen LogP contribution in [0.25, 0.3) is 0 Å². The summed E-state index contributed by atoms with van der Waals surface area (Å²) in [6.45, 7) is 5.05. The van der Waals surface area contributed by atoms with Crippen LogP contribution in [0.15, 0.2) is 42.7 Å². The third-order valence-corrected chi connectivity index (χ3v) is 7.51. The molecule has 0 bridgehead atoms. The van der Waals surface area contributed by atoms with Crippen LogP contribution in [0.1, 0.15) is 36.8 Å². The molecule has 2 atom stereocenters. The van der Waals surface area contributed by atoms with Crippen molar-refractivity contribution < 1.29 is 4.79 Å². The molecule has 2 saturated heterocycles. The van der Waals surface area contributed by atoms with Gasteiger partial charge >= 0.3 is 0 Å². The Morgan fingerprint density at radius 3 is 2.66 bits per heavy atom. The number of benzene rings is 1. The zero-order valence-corrected chi connectivity index (χ0v) is 17.5. The van der Waals surface area contributed by atoms with Crippen LogP contribution in [0.2, 0.25) is 0 Å². The molecule has 29 heavy (non-hydrogen) atoms. The van der Waals surface area contributed by atoms with Crippen molar-refractivity contribution in [1.82, 2.24) is 19.6 Å². The minimum Gasteiger partial charge on any atom is -0.341 e. The Kier molecular flexibility index (Phi) is 4.94. The van der Waals surface area contributed by atoms with E-state index >= 15 is 0 Å². The van der Waals surface area contributed by atoms with E-state index in [4.69, 9.17) is 0 Å². The van der Waals surface area contributed by atoms with E-state index in [1.165, 1.54) is 24.0 Å². The third kappa shape index (κ3) is 3.73. The fourth-order valence-electron chi connectivity index (χ4n) is 5.70. The summed E-state index contributed by atoms with van der Waals surface area (Å²) in [4.78, 5) is 17.8. The number of amides is 1. The summed E-state index contributed by atoms with van der Waals surface area (Å²) in [6, 6.07) is 10.8. The highest BCUT2D eigenvalue weighted by molar-refractivity contribution is 5.80. The first kappa shape index (κ1) is 18.9. The van der Waals surface area contributed by atoms with Crippen LogP contribution in [0.5, 0.6) is 0 Å². The van der Waals surface area contributed by atoms with Gasteiger partial charge in [0.05, 0.1) is 6.20 Å². The summed E-state index contributed by atoms with van der Waals surface area (Å²) in [5.41, 5.74) is 2.93. The molecule has 0 radical (unpaired) electrons. The predicted octanol–water partition coefficient (Wildman–Crippen LogP) is 3.11. The van der Waals surface area contributed by atoms with Gasteiger partial charge in [-0.1, -0.05) is 36.8 Å². The standard InChI is InChI=1S/C24H32N4O/c1-26-13-20(12-25-26)14-27-15-22-16-28(23(29)21-8-5-9-21)18-24(22,17-27)11-10-19-6-3-2-4-7-19/h2-4,6-7,12-13,21-22H,5,8-11,14-18H2,1H3. The maximum Gasteiger partial charge on any atom is 0.225 e. The number of carbonyl (C=O) groups is 1. The van der Waals surface area contributed by atoms with Gasteiger partial charge < -0.3 is 4.90 Å². The summed E-state index contributed by atoms with van der Waals surface area (Å²) in [5, 5.41) is 4.33. The van der Waals surface area contributed by atoms with Gasteiger partial charge in [0.25, 0.3) is 0 Å². The van der Waals surface area contributed by atoms with Crippen molar-refractivity contribution in [3.63, 3.8) is 0 Å². The topological polar surface area (TPSA) is 41.4 Å². The van der Waals surface area contributed by atoms with Gasteiger partial charge in [0.2, 0.25) is 5.91 Å². The average molecular weight is 393 g/mol. The maximum absolute atomic E-state index is 13.0. The number of rotatable bonds is 6. The number of aryl methyl sites for hydroxylation is 2. The summed E-state index contributed by atoms with van der Waals surface area (Å²) in [5.74, 6) is 1.34. The van der Waals surface area contributed by atoms with Crippen LogP contribution in [0, 0.1) is 17.3 Å². The monoisotopic (exact) mass is 392 g/mol. The van der Waals surface area contributed by atoms with Crippen LogP contribution in [-0.2, 0) is 24.8 Å². The molecule has 5 nitrogen and oxygen atoms in total. The summed E-state index contributed by atoms with van der Waals surface area (Å²) in [6.07, 6.45) is 9.80. The quantitative estimate of drug-likeness (QED) is 0.759. The number of carbonyl (C=O) groups excluding carboxylic acids is 1. The van der Waals surface area contributed by atoms with E-state index in [0.29, 0.717) is 17.7 Å². The third-order valence-electron chi connectivity index (χ3n) is 7.51. The van der Waals surface area contributed by atoms with Gasteiger partial charge in [-0.2, -0.15) is 5.10 Å². The number of hydrogen-bond acceptors (Lipinski definition) is 3. The molecule has 1 aromatic heterocycles. The molecule has 1 aliphatic carbocycles. The molecule has 1 aromatic carbocycles. The van der Waals surface area contributed by atoms with Gasteiger partial charge in [-0.3, -0.25) is 14.4 Å². The highest BCUT2D eigenvalue weighted by atomic mass is 16.2. The van der Waals surface area contributed by atoms with Gasteiger partial charge in [0.15, 0.2) is 0 Å². The molecule has 5 rings (SSSR count). The molecule has 2 unspecified atom stereocenters. The lowest BCUT2D eigenvalue weighted by molar-refractivity contribution is -0.137. The van der Waals surface area contributed by atoms with Crippen molar-refractivity contribution in [2.45, 2.75) is 38.6 Å². The van der Waals surface area contributed by atoms with Crippen molar-refractivity contribution in [2.24, 2.45) is 24.3 Å². The lowest BCUT2D eigenvalue weighted by Crippen LogP contribution is -2.41. The molecule has 2 aliphatic heterocycles. The smallest absolute Gasteiger partial charge is 0.225 e. The number of hydrogen-bond donors (Lipinski definition) is 0. The minimum absolute atomic E-state index is 0.234. The van der Waals surface area contributed by atoms with Crippen LogP contribution in [0.3, 0.4) is 0 Å². The average Bonchev–Trinajstić information content (AvgIpc) is 3.32. The Labute approximate surface area is 173 Å². The summed E-state index contributed by atoms with van der Waals surface area (Å²) < 4.78 is 1.89. The first-order chi connectivity index (χ1) is 14.1. The fraction of sp³-hybridized carbons (Fsp3) is 0.583. The predicted molar refractivity (Wildman–Crippen MR) is 113 cm³/mol. The molecule has 5 heteroatoms. The van der Waals surface area contributed by atoms with Gasteiger partial charge in [-0.05, 0) is 37.2 Å². The van der Waals surface area contributed by atoms with Crippen LogP contribution in [0.4, 0.5) is 0 Å².